The van der Waals surface area contributed by atoms with E-state index < -0.39 is 6.10 Å². The first-order valence-corrected chi connectivity index (χ1v) is 8.99. The molecule has 0 aliphatic carbocycles. The van der Waals surface area contributed by atoms with E-state index in [0.717, 1.165) is 5.56 Å². The molecule has 2 atom stereocenters. The van der Waals surface area contributed by atoms with Crippen LogP contribution < -0.4 is 0 Å². The highest BCUT2D eigenvalue weighted by Crippen LogP contribution is 2.22. The topological polar surface area (TPSA) is 99.7 Å². The predicted octanol–water partition coefficient (Wildman–Crippen LogP) is 1.75. The standard InChI is InChI=1S/C19H25N3O4/c1-12(2)13-3-5-14(6-4-13)19-20-17(26-21-19)7-8-18(25)22-10-16(24)9-15(22)11-23/h3-6,12,15-16,23-24H,7-11H2,1-2H3/t15-,16-/m0/s1. The fourth-order valence-corrected chi connectivity index (χ4v) is 3.22. The molecule has 1 aromatic carbocycles. The summed E-state index contributed by atoms with van der Waals surface area (Å²) in [6.07, 6.45) is 0.386. The Hall–Kier alpha value is -2.25. The summed E-state index contributed by atoms with van der Waals surface area (Å²) in [6, 6.07) is 7.72. The number of likely N-dealkylation sites (tertiary alicyclic amines) is 1. The summed E-state index contributed by atoms with van der Waals surface area (Å²) >= 11 is 0. The molecule has 140 valence electrons. The van der Waals surface area contributed by atoms with Crippen molar-refractivity contribution >= 4 is 5.91 Å². The van der Waals surface area contributed by atoms with Gasteiger partial charge >= 0.3 is 0 Å². The minimum atomic E-state index is -0.570. The lowest BCUT2D eigenvalue weighted by molar-refractivity contribution is -0.133. The van der Waals surface area contributed by atoms with Crippen molar-refractivity contribution in [3.8, 4) is 11.4 Å². The van der Waals surface area contributed by atoms with Crippen LogP contribution in [0.25, 0.3) is 11.4 Å². The van der Waals surface area contributed by atoms with Gasteiger partial charge in [-0.05, 0) is 17.9 Å². The van der Waals surface area contributed by atoms with Crippen molar-refractivity contribution < 1.29 is 19.5 Å². The average Bonchev–Trinajstić information content (AvgIpc) is 3.26. The Balaban J connectivity index is 1.59. The molecule has 2 aromatic rings. The van der Waals surface area contributed by atoms with Crippen molar-refractivity contribution in [1.29, 1.82) is 0 Å². The molecule has 0 spiro atoms. The first kappa shape index (κ1) is 18.5. The number of nitrogens with zero attached hydrogens (tertiary/aromatic N) is 3. The van der Waals surface area contributed by atoms with Crippen LogP contribution in [0.2, 0.25) is 0 Å². The largest absolute Gasteiger partial charge is 0.394 e. The molecule has 0 saturated carbocycles. The van der Waals surface area contributed by atoms with Crippen LogP contribution in [0.4, 0.5) is 0 Å². The molecule has 1 fully saturated rings. The van der Waals surface area contributed by atoms with Crippen LogP contribution in [0.15, 0.2) is 28.8 Å². The fraction of sp³-hybridized carbons (Fsp3) is 0.526. The molecular formula is C19H25N3O4. The van der Waals surface area contributed by atoms with E-state index in [0.29, 0.717) is 30.5 Å². The van der Waals surface area contributed by atoms with Crippen LogP contribution in [0.1, 0.15) is 44.1 Å². The Bertz CT molecular complexity index is 741. The van der Waals surface area contributed by atoms with Gasteiger partial charge in [-0.2, -0.15) is 4.98 Å². The molecule has 1 aliphatic heterocycles. The Morgan fingerprint density at radius 2 is 2.08 bits per heavy atom. The van der Waals surface area contributed by atoms with Crippen LogP contribution in [0, 0.1) is 0 Å². The second kappa shape index (κ2) is 7.97. The molecule has 1 aliphatic rings. The molecule has 7 heteroatoms. The molecule has 26 heavy (non-hydrogen) atoms. The Kier molecular flexibility index (Phi) is 5.68. The maximum absolute atomic E-state index is 12.3. The van der Waals surface area contributed by atoms with Gasteiger partial charge in [0.2, 0.25) is 17.6 Å². The number of β-amino-alcohol motifs (C(OH)–C–C–N with tert-alkyl or cyclic N) is 1. The summed E-state index contributed by atoms with van der Waals surface area (Å²) in [5.74, 6) is 1.25. The summed E-state index contributed by atoms with van der Waals surface area (Å²) in [5, 5.41) is 23.0. The van der Waals surface area contributed by atoms with E-state index in [-0.39, 0.29) is 31.5 Å². The van der Waals surface area contributed by atoms with Gasteiger partial charge in [-0.15, -0.1) is 0 Å². The second-order valence-electron chi connectivity index (χ2n) is 7.06. The van der Waals surface area contributed by atoms with E-state index >= 15 is 0 Å². The quantitative estimate of drug-likeness (QED) is 0.815. The maximum Gasteiger partial charge on any atom is 0.227 e. The number of hydrogen-bond donors (Lipinski definition) is 2. The lowest BCUT2D eigenvalue weighted by atomic mass is 10.0. The van der Waals surface area contributed by atoms with Gasteiger partial charge in [-0.25, -0.2) is 0 Å². The molecule has 0 radical (unpaired) electrons. The molecule has 1 saturated heterocycles. The normalized spacial score (nSPS) is 20.1. The van der Waals surface area contributed by atoms with Gasteiger partial charge in [-0.1, -0.05) is 43.3 Å². The number of rotatable bonds is 6. The average molecular weight is 359 g/mol. The minimum absolute atomic E-state index is 0.123. The van der Waals surface area contributed by atoms with Crippen LogP contribution in [0.3, 0.4) is 0 Å². The number of hydrogen-bond acceptors (Lipinski definition) is 6. The molecule has 1 amide bonds. The zero-order valence-electron chi connectivity index (χ0n) is 15.1. The minimum Gasteiger partial charge on any atom is -0.394 e. The van der Waals surface area contributed by atoms with Gasteiger partial charge in [0.05, 0.1) is 18.8 Å². The molecule has 7 nitrogen and oxygen atoms in total. The van der Waals surface area contributed by atoms with Crippen LogP contribution >= 0.6 is 0 Å². The van der Waals surface area contributed by atoms with Gasteiger partial charge in [0.1, 0.15) is 0 Å². The van der Waals surface area contributed by atoms with Gasteiger partial charge in [-0.3, -0.25) is 4.79 Å². The summed E-state index contributed by atoms with van der Waals surface area (Å²) in [5.41, 5.74) is 2.12. The smallest absolute Gasteiger partial charge is 0.227 e. The highest BCUT2D eigenvalue weighted by Gasteiger charge is 2.33. The van der Waals surface area contributed by atoms with Gasteiger partial charge in [0, 0.05) is 24.9 Å². The van der Waals surface area contributed by atoms with E-state index in [2.05, 4.69) is 24.0 Å². The van der Waals surface area contributed by atoms with E-state index in [9.17, 15) is 15.0 Å². The van der Waals surface area contributed by atoms with Crippen molar-refractivity contribution in [1.82, 2.24) is 15.0 Å². The lowest BCUT2D eigenvalue weighted by Gasteiger charge is -2.22. The number of aliphatic hydroxyl groups is 2. The van der Waals surface area contributed by atoms with E-state index in [1.807, 2.05) is 24.3 Å². The Labute approximate surface area is 152 Å². The SMILES string of the molecule is CC(C)c1ccc(-c2noc(CCC(=O)N3C[C@@H](O)C[C@H]3CO)n2)cc1. The maximum atomic E-state index is 12.3. The number of aryl methyl sites for hydroxylation is 1. The third-order valence-corrected chi connectivity index (χ3v) is 4.78. The molecule has 0 bridgehead atoms. The number of aromatic nitrogens is 2. The third kappa shape index (κ3) is 4.11. The number of carbonyl (C=O) groups excluding carboxylic acids is 1. The highest BCUT2D eigenvalue weighted by atomic mass is 16.5. The first-order chi connectivity index (χ1) is 12.5. The summed E-state index contributed by atoms with van der Waals surface area (Å²) < 4.78 is 5.25. The highest BCUT2D eigenvalue weighted by molar-refractivity contribution is 5.77. The molecule has 1 aromatic heterocycles. The van der Waals surface area contributed by atoms with Crippen LogP contribution in [0.5, 0.6) is 0 Å². The Morgan fingerprint density at radius 3 is 2.73 bits per heavy atom. The van der Waals surface area contributed by atoms with Crippen molar-refractivity contribution in [2.75, 3.05) is 13.2 Å². The predicted molar refractivity (Wildman–Crippen MR) is 95.4 cm³/mol. The molecule has 0 unspecified atom stereocenters. The van der Waals surface area contributed by atoms with E-state index in [1.165, 1.54) is 10.5 Å². The van der Waals surface area contributed by atoms with Gasteiger partial charge < -0.3 is 19.6 Å². The fourth-order valence-electron chi connectivity index (χ4n) is 3.22. The summed E-state index contributed by atoms with van der Waals surface area (Å²) in [6.45, 7) is 4.40. The first-order valence-electron chi connectivity index (χ1n) is 8.99. The van der Waals surface area contributed by atoms with Crippen molar-refractivity contribution in [2.45, 2.75) is 51.2 Å². The molecule has 3 rings (SSSR count). The summed E-state index contributed by atoms with van der Waals surface area (Å²) in [7, 11) is 0. The van der Waals surface area contributed by atoms with Crippen molar-refractivity contribution in [3.63, 3.8) is 0 Å². The third-order valence-electron chi connectivity index (χ3n) is 4.78. The second-order valence-corrected chi connectivity index (χ2v) is 7.06. The van der Waals surface area contributed by atoms with Crippen molar-refractivity contribution in [3.05, 3.63) is 35.7 Å². The molecular weight excluding hydrogens is 334 g/mol. The molecule has 2 N–H and O–H groups in total. The van der Waals surface area contributed by atoms with E-state index in [1.54, 1.807) is 0 Å². The number of carbonyl (C=O) groups is 1. The number of amides is 1. The van der Waals surface area contributed by atoms with Gasteiger partial charge in [0.15, 0.2) is 0 Å². The number of benzene rings is 1. The molecule has 2 heterocycles. The zero-order valence-corrected chi connectivity index (χ0v) is 15.1. The van der Waals surface area contributed by atoms with E-state index in [4.69, 9.17) is 4.52 Å². The van der Waals surface area contributed by atoms with Crippen LogP contribution in [-0.2, 0) is 11.2 Å². The number of aliphatic hydroxyl groups excluding tert-OH is 2. The van der Waals surface area contributed by atoms with Crippen LogP contribution in [-0.4, -0.2) is 56.5 Å². The Morgan fingerprint density at radius 1 is 1.35 bits per heavy atom. The van der Waals surface area contributed by atoms with Gasteiger partial charge in [0.25, 0.3) is 0 Å². The van der Waals surface area contributed by atoms with Crippen molar-refractivity contribution in [2.24, 2.45) is 0 Å². The zero-order chi connectivity index (χ0) is 18.7. The summed E-state index contributed by atoms with van der Waals surface area (Å²) in [4.78, 5) is 18.2. The monoisotopic (exact) mass is 359 g/mol. The lowest BCUT2D eigenvalue weighted by Crippen LogP contribution is -2.38.